The van der Waals surface area contributed by atoms with Crippen molar-refractivity contribution < 1.29 is 23.7 Å². The first-order valence-corrected chi connectivity index (χ1v) is 11.9. The molecule has 0 saturated carbocycles. The molecule has 0 spiro atoms. The molecular weight excluding hydrogens is 454 g/mol. The van der Waals surface area contributed by atoms with E-state index in [2.05, 4.69) is 30.0 Å². The molecule has 6 nitrogen and oxygen atoms in total. The molecule has 2 aromatic carbocycles. The molecule has 1 aliphatic rings. The van der Waals surface area contributed by atoms with Crippen LogP contribution in [-0.4, -0.2) is 57.9 Å². The van der Waals surface area contributed by atoms with Gasteiger partial charge in [-0.15, -0.1) is 12.4 Å². The Balaban J connectivity index is 0.00000408. The van der Waals surface area contributed by atoms with Crippen LogP contribution in [0.25, 0.3) is 0 Å². The average Bonchev–Trinajstić information content (AvgIpc) is 2.86. The number of hydrogen-bond donors (Lipinski definition) is 0. The SMILES string of the molecule is CCCN(CCCCOC(=O)c1ccc(OC)c(OC)c1)C1CCc2cc(OC)ccc2C1.Cl. The number of aryl methyl sites for hydroxylation is 1. The maximum Gasteiger partial charge on any atom is 0.338 e. The van der Waals surface area contributed by atoms with Gasteiger partial charge in [-0.05, 0) is 93.1 Å². The Kier molecular flexibility index (Phi) is 11.5. The number of halogens is 1. The van der Waals surface area contributed by atoms with E-state index < -0.39 is 0 Å². The van der Waals surface area contributed by atoms with E-state index >= 15 is 0 Å². The summed E-state index contributed by atoms with van der Waals surface area (Å²) in [5.74, 6) is 1.73. The lowest BCUT2D eigenvalue weighted by Crippen LogP contribution is -2.40. The van der Waals surface area contributed by atoms with Crippen LogP contribution in [0, 0.1) is 0 Å². The molecule has 1 aliphatic carbocycles. The van der Waals surface area contributed by atoms with Crippen molar-refractivity contribution in [3.63, 3.8) is 0 Å². The zero-order valence-corrected chi connectivity index (χ0v) is 21.6. The van der Waals surface area contributed by atoms with Gasteiger partial charge in [0.25, 0.3) is 0 Å². The van der Waals surface area contributed by atoms with E-state index in [0.29, 0.717) is 29.7 Å². The standard InChI is InChI=1S/C27H37NO5.ClH/c1-5-14-28(23-11-8-21-18-24(30-2)12-9-20(21)17-23)15-6-7-16-33-27(29)22-10-13-25(31-3)26(19-22)32-4;/h9-10,12-13,18-19,23H,5-8,11,14-17H2,1-4H3;1H. The first-order chi connectivity index (χ1) is 16.1. The van der Waals surface area contributed by atoms with Crippen molar-refractivity contribution in [1.82, 2.24) is 4.90 Å². The molecule has 0 fully saturated rings. The second-order valence-corrected chi connectivity index (χ2v) is 8.48. The lowest BCUT2D eigenvalue weighted by atomic mass is 9.87. The first-order valence-electron chi connectivity index (χ1n) is 11.9. The summed E-state index contributed by atoms with van der Waals surface area (Å²) in [7, 11) is 4.85. The minimum atomic E-state index is -0.333. The lowest BCUT2D eigenvalue weighted by Gasteiger charge is -2.35. The summed E-state index contributed by atoms with van der Waals surface area (Å²) in [4.78, 5) is 15.0. The van der Waals surface area contributed by atoms with Gasteiger partial charge >= 0.3 is 5.97 Å². The van der Waals surface area contributed by atoms with Crippen LogP contribution >= 0.6 is 12.4 Å². The zero-order chi connectivity index (χ0) is 23.6. The summed E-state index contributed by atoms with van der Waals surface area (Å²) in [5.41, 5.74) is 3.33. The summed E-state index contributed by atoms with van der Waals surface area (Å²) in [6, 6.07) is 12.1. The number of rotatable bonds is 12. The second kappa shape index (κ2) is 14.1. The number of nitrogens with zero attached hydrogens (tertiary/aromatic N) is 1. The number of fused-ring (bicyclic) bond motifs is 1. The molecule has 188 valence electrons. The Bertz CT molecular complexity index is 920. The molecule has 0 bridgehead atoms. The normalized spacial score (nSPS) is 14.7. The van der Waals surface area contributed by atoms with Crippen molar-refractivity contribution in [3.8, 4) is 17.2 Å². The molecule has 0 amide bonds. The van der Waals surface area contributed by atoms with Gasteiger partial charge in [-0.3, -0.25) is 0 Å². The molecule has 0 aliphatic heterocycles. The van der Waals surface area contributed by atoms with Crippen LogP contribution in [0.15, 0.2) is 36.4 Å². The molecule has 3 rings (SSSR count). The van der Waals surface area contributed by atoms with E-state index in [1.165, 1.54) is 17.5 Å². The second-order valence-electron chi connectivity index (χ2n) is 8.48. The molecule has 0 radical (unpaired) electrons. The molecule has 1 unspecified atom stereocenters. The molecule has 0 aromatic heterocycles. The fourth-order valence-corrected chi connectivity index (χ4v) is 4.54. The number of ether oxygens (including phenoxy) is 4. The maximum atomic E-state index is 12.4. The van der Waals surface area contributed by atoms with Crippen molar-refractivity contribution in [2.75, 3.05) is 41.0 Å². The third kappa shape index (κ3) is 7.28. The number of carbonyl (C=O) groups excluding carboxylic acids is 1. The number of carbonyl (C=O) groups is 1. The Morgan fingerprint density at radius 3 is 2.44 bits per heavy atom. The van der Waals surface area contributed by atoms with Crippen LogP contribution in [0.5, 0.6) is 17.2 Å². The highest BCUT2D eigenvalue weighted by atomic mass is 35.5. The quantitative estimate of drug-likeness (QED) is 0.295. The predicted molar refractivity (Wildman–Crippen MR) is 137 cm³/mol. The van der Waals surface area contributed by atoms with Gasteiger partial charge in [0, 0.05) is 6.04 Å². The molecule has 34 heavy (non-hydrogen) atoms. The van der Waals surface area contributed by atoms with E-state index in [9.17, 15) is 4.79 Å². The van der Waals surface area contributed by atoms with E-state index in [-0.39, 0.29) is 18.4 Å². The number of methoxy groups -OCH3 is 3. The summed E-state index contributed by atoms with van der Waals surface area (Å²) >= 11 is 0. The molecule has 2 aromatic rings. The highest BCUT2D eigenvalue weighted by molar-refractivity contribution is 5.90. The van der Waals surface area contributed by atoms with Crippen molar-refractivity contribution in [2.45, 2.75) is 51.5 Å². The monoisotopic (exact) mass is 491 g/mol. The number of esters is 1. The van der Waals surface area contributed by atoms with E-state index in [0.717, 1.165) is 50.9 Å². The van der Waals surface area contributed by atoms with Crippen molar-refractivity contribution in [2.24, 2.45) is 0 Å². The van der Waals surface area contributed by atoms with Gasteiger partial charge in [0.05, 0.1) is 33.5 Å². The summed E-state index contributed by atoms with van der Waals surface area (Å²) in [6.45, 7) is 4.78. The summed E-state index contributed by atoms with van der Waals surface area (Å²) in [6.07, 6.45) is 6.35. The molecule has 0 saturated heterocycles. The van der Waals surface area contributed by atoms with Crippen LogP contribution < -0.4 is 14.2 Å². The lowest BCUT2D eigenvalue weighted by molar-refractivity contribution is 0.0492. The summed E-state index contributed by atoms with van der Waals surface area (Å²) in [5, 5.41) is 0. The predicted octanol–water partition coefficient (Wildman–Crippen LogP) is 5.34. The van der Waals surface area contributed by atoms with Crippen LogP contribution in [0.2, 0.25) is 0 Å². The van der Waals surface area contributed by atoms with Crippen LogP contribution in [0.1, 0.15) is 54.1 Å². The average molecular weight is 492 g/mol. The van der Waals surface area contributed by atoms with Crippen molar-refractivity contribution in [1.29, 1.82) is 0 Å². The number of benzene rings is 2. The highest BCUT2D eigenvalue weighted by Crippen LogP contribution is 2.29. The minimum Gasteiger partial charge on any atom is -0.497 e. The Morgan fingerprint density at radius 2 is 1.74 bits per heavy atom. The van der Waals surface area contributed by atoms with Gasteiger partial charge in [0.15, 0.2) is 11.5 Å². The van der Waals surface area contributed by atoms with E-state index in [1.807, 2.05) is 0 Å². The van der Waals surface area contributed by atoms with Gasteiger partial charge in [-0.1, -0.05) is 13.0 Å². The fourth-order valence-electron chi connectivity index (χ4n) is 4.54. The molecule has 7 heteroatoms. The molecule has 0 N–H and O–H groups in total. The highest BCUT2D eigenvalue weighted by Gasteiger charge is 2.24. The fraction of sp³-hybridized carbons (Fsp3) is 0.519. The number of unbranched alkanes of at least 4 members (excludes halogenated alkanes) is 1. The van der Waals surface area contributed by atoms with Gasteiger partial charge in [-0.2, -0.15) is 0 Å². The zero-order valence-electron chi connectivity index (χ0n) is 20.8. The Morgan fingerprint density at radius 1 is 0.941 bits per heavy atom. The van der Waals surface area contributed by atoms with Crippen molar-refractivity contribution >= 4 is 18.4 Å². The topological polar surface area (TPSA) is 57.2 Å². The van der Waals surface area contributed by atoms with Crippen molar-refractivity contribution in [3.05, 3.63) is 53.1 Å². The maximum absolute atomic E-state index is 12.4. The summed E-state index contributed by atoms with van der Waals surface area (Å²) < 4.78 is 21.4. The van der Waals surface area contributed by atoms with Gasteiger partial charge in [0.2, 0.25) is 0 Å². The van der Waals surface area contributed by atoms with Crippen LogP contribution in [-0.2, 0) is 17.6 Å². The van der Waals surface area contributed by atoms with Gasteiger partial charge in [0.1, 0.15) is 5.75 Å². The third-order valence-electron chi connectivity index (χ3n) is 6.34. The smallest absolute Gasteiger partial charge is 0.338 e. The first kappa shape index (κ1) is 27.8. The third-order valence-corrected chi connectivity index (χ3v) is 6.34. The Labute approximate surface area is 209 Å². The molecule has 0 heterocycles. The largest absolute Gasteiger partial charge is 0.497 e. The Hall–Kier alpha value is -2.44. The van der Waals surface area contributed by atoms with Crippen LogP contribution in [0.4, 0.5) is 0 Å². The molecule has 1 atom stereocenters. The molecular formula is C27H38ClNO5. The van der Waals surface area contributed by atoms with E-state index in [4.69, 9.17) is 18.9 Å². The minimum absolute atomic E-state index is 0. The van der Waals surface area contributed by atoms with E-state index in [1.54, 1.807) is 39.5 Å². The van der Waals surface area contributed by atoms with Gasteiger partial charge in [-0.25, -0.2) is 4.79 Å². The van der Waals surface area contributed by atoms with Gasteiger partial charge < -0.3 is 23.8 Å². The van der Waals surface area contributed by atoms with Crippen LogP contribution in [0.3, 0.4) is 0 Å². The number of hydrogen-bond acceptors (Lipinski definition) is 6.